The summed E-state index contributed by atoms with van der Waals surface area (Å²) in [6.45, 7) is 8.97. The minimum atomic E-state index is 0.615. The second-order valence-corrected chi connectivity index (χ2v) is 3.77. The van der Waals surface area contributed by atoms with Crippen molar-refractivity contribution in [1.82, 2.24) is 9.97 Å². The maximum absolute atomic E-state index is 5.42. The monoisotopic (exact) mass is 253 g/mol. The Labute approximate surface area is 109 Å². The lowest BCUT2D eigenvalue weighted by Crippen LogP contribution is -2.09. The molecule has 1 heterocycles. The Bertz CT molecular complexity index is 345. The number of ether oxygens (including phenoxy) is 2. The van der Waals surface area contributed by atoms with E-state index in [2.05, 4.69) is 15.3 Å². The first-order valence-corrected chi connectivity index (χ1v) is 6.62. The number of rotatable bonds is 9. The molecule has 0 aliphatic rings. The van der Waals surface area contributed by atoms with Crippen LogP contribution in [0.25, 0.3) is 0 Å². The zero-order valence-electron chi connectivity index (χ0n) is 11.5. The summed E-state index contributed by atoms with van der Waals surface area (Å²) in [4.78, 5) is 8.71. The van der Waals surface area contributed by atoms with Crippen molar-refractivity contribution in [1.29, 1.82) is 0 Å². The molecule has 0 saturated carbocycles. The van der Waals surface area contributed by atoms with E-state index in [0.29, 0.717) is 12.5 Å². The molecular weight excluding hydrogens is 230 g/mol. The van der Waals surface area contributed by atoms with Crippen molar-refractivity contribution in [3.8, 4) is 5.88 Å². The summed E-state index contributed by atoms with van der Waals surface area (Å²) in [5.41, 5.74) is 0. The molecular formula is C13H23N3O2. The molecule has 5 heteroatoms. The van der Waals surface area contributed by atoms with Gasteiger partial charge < -0.3 is 14.8 Å². The van der Waals surface area contributed by atoms with E-state index in [9.17, 15) is 0 Å². The third kappa shape index (κ3) is 5.31. The molecule has 0 spiro atoms. The molecule has 5 nitrogen and oxygen atoms in total. The number of nitrogens with zero attached hydrogens (tertiary/aromatic N) is 2. The molecule has 0 bridgehead atoms. The van der Waals surface area contributed by atoms with Gasteiger partial charge in [0.05, 0.1) is 6.61 Å². The highest BCUT2D eigenvalue weighted by molar-refractivity contribution is 5.38. The number of aryl methyl sites for hydroxylation is 1. The van der Waals surface area contributed by atoms with Crippen LogP contribution in [0.4, 0.5) is 5.82 Å². The third-order valence-corrected chi connectivity index (χ3v) is 2.33. The molecule has 0 aliphatic heterocycles. The first kappa shape index (κ1) is 14.7. The quantitative estimate of drug-likeness (QED) is 0.684. The summed E-state index contributed by atoms with van der Waals surface area (Å²) >= 11 is 0. The van der Waals surface area contributed by atoms with E-state index >= 15 is 0 Å². The molecule has 1 aromatic rings. The highest BCUT2D eigenvalue weighted by Crippen LogP contribution is 2.13. The second kappa shape index (κ2) is 8.69. The van der Waals surface area contributed by atoms with Gasteiger partial charge in [0.1, 0.15) is 11.6 Å². The van der Waals surface area contributed by atoms with Crippen LogP contribution in [-0.2, 0) is 11.2 Å². The molecule has 102 valence electrons. The van der Waals surface area contributed by atoms with Gasteiger partial charge in [-0.25, -0.2) is 4.98 Å². The number of anilines is 1. The van der Waals surface area contributed by atoms with Crippen molar-refractivity contribution < 1.29 is 9.47 Å². The van der Waals surface area contributed by atoms with E-state index in [-0.39, 0.29) is 0 Å². The molecule has 0 amide bonds. The Morgan fingerprint density at radius 2 is 2.00 bits per heavy atom. The second-order valence-electron chi connectivity index (χ2n) is 3.77. The van der Waals surface area contributed by atoms with E-state index < -0.39 is 0 Å². The van der Waals surface area contributed by atoms with Crippen molar-refractivity contribution >= 4 is 5.82 Å². The van der Waals surface area contributed by atoms with E-state index in [1.165, 1.54) is 0 Å². The standard InChI is InChI=1S/C13H23N3O2/c1-4-11-15-12(10-13(16-11)18-6-3)14-8-7-9-17-5-2/h10H,4-9H2,1-3H3,(H,14,15,16). The minimum absolute atomic E-state index is 0.615. The fraction of sp³-hybridized carbons (Fsp3) is 0.692. The SMILES string of the molecule is CCOCCCNc1cc(OCC)nc(CC)n1. The maximum Gasteiger partial charge on any atom is 0.218 e. The smallest absolute Gasteiger partial charge is 0.218 e. The van der Waals surface area contributed by atoms with Crippen LogP contribution in [0.2, 0.25) is 0 Å². The number of hydrogen-bond acceptors (Lipinski definition) is 5. The van der Waals surface area contributed by atoms with Gasteiger partial charge in [0.2, 0.25) is 5.88 Å². The number of hydrogen-bond donors (Lipinski definition) is 1. The average Bonchev–Trinajstić information content (AvgIpc) is 2.38. The van der Waals surface area contributed by atoms with Crippen LogP contribution in [0.15, 0.2) is 6.07 Å². The number of aromatic nitrogens is 2. The summed E-state index contributed by atoms with van der Waals surface area (Å²) < 4.78 is 10.7. The van der Waals surface area contributed by atoms with Gasteiger partial charge in [0.25, 0.3) is 0 Å². The van der Waals surface area contributed by atoms with Crippen LogP contribution in [-0.4, -0.2) is 36.3 Å². The van der Waals surface area contributed by atoms with Crippen molar-refractivity contribution in [3.63, 3.8) is 0 Å². The zero-order valence-corrected chi connectivity index (χ0v) is 11.5. The average molecular weight is 253 g/mol. The van der Waals surface area contributed by atoms with Crippen LogP contribution in [0.1, 0.15) is 33.0 Å². The molecule has 0 fully saturated rings. The zero-order chi connectivity index (χ0) is 13.2. The Morgan fingerprint density at radius 1 is 1.17 bits per heavy atom. The van der Waals surface area contributed by atoms with Gasteiger partial charge in [-0.2, -0.15) is 4.98 Å². The Morgan fingerprint density at radius 3 is 2.67 bits per heavy atom. The van der Waals surface area contributed by atoms with Crippen LogP contribution >= 0.6 is 0 Å². The van der Waals surface area contributed by atoms with Crippen molar-refractivity contribution in [2.45, 2.75) is 33.6 Å². The van der Waals surface area contributed by atoms with Crippen LogP contribution in [0.3, 0.4) is 0 Å². The largest absolute Gasteiger partial charge is 0.478 e. The van der Waals surface area contributed by atoms with Gasteiger partial charge in [-0.05, 0) is 20.3 Å². The van der Waals surface area contributed by atoms with Gasteiger partial charge in [-0.1, -0.05) is 6.92 Å². The lowest BCUT2D eigenvalue weighted by molar-refractivity contribution is 0.147. The molecule has 1 rings (SSSR count). The van der Waals surface area contributed by atoms with E-state index in [4.69, 9.17) is 9.47 Å². The highest BCUT2D eigenvalue weighted by Gasteiger charge is 2.03. The van der Waals surface area contributed by atoms with Crippen LogP contribution in [0.5, 0.6) is 5.88 Å². The fourth-order valence-electron chi connectivity index (χ4n) is 1.48. The highest BCUT2D eigenvalue weighted by atomic mass is 16.5. The summed E-state index contributed by atoms with van der Waals surface area (Å²) in [6.07, 6.45) is 1.76. The molecule has 0 aliphatic carbocycles. The van der Waals surface area contributed by atoms with E-state index in [1.54, 1.807) is 0 Å². The van der Waals surface area contributed by atoms with Gasteiger partial charge in [0, 0.05) is 32.2 Å². The molecule has 1 aromatic heterocycles. The molecule has 0 radical (unpaired) electrons. The topological polar surface area (TPSA) is 56.3 Å². The third-order valence-electron chi connectivity index (χ3n) is 2.33. The van der Waals surface area contributed by atoms with Crippen molar-refractivity contribution in [2.75, 3.05) is 31.7 Å². The van der Waals surface area contributed by atoms with Gasteiger partial charge in [-0.15, -0.1) is 0 Å². The van der Waals surface area contributed by atoms with E-state index in [0.717, 1.165) is 44.2 Å². The normalized spacial score (nSPS) is 10.4. The molecule has 0 aromatic carbocycles. The summed E-state index contributed by atoms with van der Waals surface area (Å²) in [5.74, 6) is 2.26. The van der Waals surface area contributed by atoms with Gasteiger partial charge in [0.15, 0.2) is 0 Å². The minimum Gasteiger partial charge on any atom is -0.478 e. The lowest BCUT2D eigenvalue weighted by Gasteiger charge is -2.09. The predicted molar refractivity (Wildman–Crippen MR) is 72.2 cm³/mol. The summed E-state index contributed by atoms with van der Waals surface area (Å²) in [7, 11) is 0. The lowest BCUT2D eigenvalue weighted by atomic mass is 10.4. The maximum atomic E-state index is 5.42. The fourth-order valence-corrected chi connectivity index (χ4v) is 1.48. The molecule has 0 unspecified atom stereocenters. The Kier molecular flexibility index (Phi) is 7.10. The van der Waals surface area contributed by atoms with Crippen molar-refractivity contribution in [2.24, 2.45) is 0 Å². The number of nitrogens with one attached hydrogen (secondary N) is 1. The van der Waals surface area contributed by atoms with Crippen molar-refractivity contribution in [3.05, 3.63) is 11.9 Å². The predicted octanol–water partition coefficient (Wildman–Crippen LogP) is 2.28. The Balaban J connectivity index is 2.50. The first-order chi connectivity index (χ1) is 8.80. The Hall–Kier alpha value is -1.36. The first-order valence-electron chi connectivity index (χ1n) is 6.62. The molecule has 18 heavy (non-hydrogen) atoms. The van der Waals surface area contributed by atoms with E-state index in [1.807, 2.05) is 26.8 Å². The van der Waals surface area contributed by atoms with Crippen LogP contribution < -0.4 is 10.1 Å². The van der Waals surface area contributed by atoms with Gasteiger partial charge in [-0.3, -0.25) is 0 Å². The summed E-state index contributed by atoms with van der Waals surface area (Å²) in [5, 5.41) is 3.27. The van der Waals surface area contributed by atoms with Gasteiger partial charge >= 0.3 is 0 Å². The molecule has 0 atom stereocenters. The molecule has 0 saturated heterocycles. The summed E-state index contributed by atoms with van der Waals surface area (Å²) in [6, 6.07) is 1.84. The molecule has 1 N–H and O–H groups in total. The van der Waals surface area contributed by atoms with Crippen LogP contribution in [0, 0.1) is 0 Å².